The smallest absolute Gasteiger partial charge is 0.259 e. The molecule has 0 unspecified atom stereocenters. The summed E-state index contributed by atoms with van der Waals surface area (Å²) in [5.41, 5.74) is 0.682. The molecule has 0 saturated heterocycles. The number of ketones is 1. The van der Waals surface area contributed by atoms with Crippen LogP contribution in [0.5, 0.6) is 0 Å². The molecule has 5 nitrogen and oxygen atoms in total. The van der Waals surface area contributed by atoms with Gasteiger partial charge in [-0.25, -0.2) is 4.98 Å². The van der Waals surface area contributed by atoms with Crippen molar-refractivity contribution in [3.05, 3.63) is 46.5 Å². The molecule has 0 aliphatic rings. The van der Waals surface area contributed by atoms with Crippen LogP contribution >= 0.6 is 0 Å². The van der Waals surface area contributed by atoms with Crippen LogP contribution in [0.15, 0.2) is 29.6 Å². The van der Waals surface area contributed by atoms with Gasteiger partial charge in [-0.3, -0.25) is 9.59 Å². The Morgan fingerprint density at radius 1 is 1.47 bits per heavy atom. The third kappa shape index (κ3) is 2.54. The molecule has 0 aliphatic carbocycles. The second-order valence-electron chi connectivity index (χ2n) is 4.06. The predicted octanol–water partition coefficient (Wildman–Crippen LogP) is 2.13. The van der Waals surface area contributed by atoms with Gasteiger partial charge in [0.1, 0.15) is 0 Å². The summed E-state index contributed by atoms with van der Waals surface area (Å²) in [6.45, 7) is 7.42. The van der Waals surface area contributed by atoms with Gasteiger partial charge in [0, 0.05) is 5.56 Å². The average molecular weight is 258 g/mol. The summed E-state index contributed by atoms with van der Waals surface area (Å²) in [6, 6.07) is 4.79. The van der Waals surface area contributed by atoms with E-state index in [2.05, 4.69) is 16.5 Å². The molecule has 0 amide bonds. The first-order chi connectivity index (χ1) is 9.02. The third-order valence-electron chi connectivity index (χ3n) is 2.70. The van der Waals surface area contributed by atoms with E-state index < -0.39 is 0 Å². The van der Waals surface area contributed by atoms with Gasteiger partial charge in [-0.2, -0.15) is 0 Å². The van der Waals surface area contributed by atoms with Gasteiger partial charge in [0.15, 0.2) is 17.4 Å². The van der Waals surface area contributed by atoms with E-state index in [0.717, 1.165) is 0 Å². The van der Waals surface area contributed by atoms with Crippen molar-refractivity contribution < 1.29 is 9.53 Å². The van der Waals surface area contributed by atoms with Crippen molar-refractivity contribution >= 4 is 22.4 Å². The fourth-order valence-corrected chi connectivity index (χ4v) is 1.73. The molecular formula is C14H14N2O3. The molecule has 0 aliphatic heterocycles. The zero-order chi connectivity index (χ0) is 14.0. The largest absolute Gasteiger partial charge is 0.491 e. The second-order valence-corrected chi connectivity index (χ2v) is 4.06. The minimum absolute atomic E-state index is 0.0748. The van der Waals surface area contributed by atoms with Gasteiger partial charge in [-0.05, 0) is 26.0 Å². The third-order valence-corrected chi connectivity index (χ3v) is 2.70. The molecule has 1 aromatic carbocycles. The lowest BCUT2D eigenvalue weighted by atomic mass is 10.1. The summed E-state index contributed by atoms with van der Waals surface area (Å²) in [4.78, 5) is 30.1. The Bertz CT molecular complexity index is 716. The van der Waals surface area contributed by atoms with Crippen LogP contribution in [-0.4, -0.2) is 22.4 Å². The molecule has 0 radical (unpaired) electrons. The molecule has 0 saturated carbocycles. The summed E-state index contributed by atoms with van der Waals surface area (Å²) in [7, 11) is 0. The summed E-state index contributed by atoms with van der Waals surface area (Å²) in [6.07, 6.45) is 0. The number of benzene rings is 1. The lowest BCUT2D eigenvalue weighted by Gasteiger charge is -2.07. The molecule has 5 heteroatoms. The van der Waals surface area contributed by atoms with Gasteiger partial charge in [0.05, 0.1) is 17.5 Å². The highest BCUT2D eigenvalue weighted by molar-refractivity contribution is 5.97. The molecule has 2 aromatic rings. The number of carbonyl (C=O) groups excluding carboxylic acids is 1. The predicted molar refractivity (Wildman–Crippen MR) is 73.0 cm³/mol. The quantitative estimate of drug-likeness (QED) is 0.673. The zero-order valence-electron chi connectivity index (χ0n) is 10.8. The van der Waals surface area contributed by atoms with E-state index in [1.165, 1.54) is 6.92 Å². The first-order valence-electron chi connectivity index (χ1n) is 5.90. The highest BCUT2D eigenvalue weighted by Gasteiger charge is 2.09. The van der Waals surface area contributed by atoms with E-state index in [9.17, 15) is 9.59 Å². The first kappa shape index (κ1) is 13.0. The number of aromatic amines is 1. The van der Waals surface area contributed by atoms with E-state index in [1.54, 1.807) is 18.2 Å². The Labute approximate surface area is 109 Å². The fraction of sp³-hybridized carbons (Fsp3) is 0.214. The fourth-order valence-electron chi connectivity index (χ4n) is 1.73. The number of hydrogen-bond acceptors (Lipinski definition) is 4. The molecule has 1 heterocycles. The van der Waals surface area contributed by atoms with Crippen LogP contribution in [-0.2, 0) is 4.74 Å². The minimum Gasteiger partial charge on any atom is -0.491 e. The van der Waals surface area contributed by atoms with Crippen molar-refractivity contribution in [1.82, 2.24) is 9.97 Å². The number of hydrogen-bond donors (Lipinski definition) is 1. The Kier molecular flexibility index (Phi) is 3.46. The molecule has 0 fully saturated rings. The lowest BCUT2D eigenvalue weighted by Crippen LogP contribution is -2.12. The first-order valence-corrected chi connectivity index (χ1v) is 5.90. The van der Waals surface area contributed by atoms with E-state index in [4.69, 9.17) is 4.74 Å². The number of rotatable bonds is 4. The van der Waals surface area contributed by atoms with Crippen LogP contribution in [0.3, 0.4) is 0 Å². The number of aromatic nitrogens is 2. The number of nitrogens with one attached hydrogen (secondary N) is 1. The lowest BCUT2D eigenvalue weighted by molar-refractivity contribution is 0.101. The number of ether oxygens (including phenoxy) is 1. The van der Waals surface area contributed by atoms with Crippen molar-refractivity contribution in [2.24, 2.45) is 0 Å². The number of nitrogens with zero attached hydrogens (tertiary/aromatic N) is 1. The van der Waals surface area contributed by atoms with Gasteiger partial charge >= 0.3 is 0 Å². The van der Waals surface area contributed by atoms with Crippen molar-refractivity contribution in [1.29, 1.82) is 0 Å². The summed E-state index contributed by atoms with van der Waals surface area (Å²) in [5.74, 6) is 0.504. The van der Waals surface area contributed by atoms with Crippen molar-refractivity contribution in [2.45, 2.75) is 13.8 Å². The Balaban J connectivity index is 2.62. The molecule has 0 spiro atoms. The SMILES string of the molecule is C=C(OCC)c1nc2cc(C(C)=O)ccc2c(=O)[nH]1. The molecule has 0 atom stereocenters. The van der Waals surface area contributed by atoms with Crippen LogP contribution in [0.1, 0.15) is 30.0 Å². The molecule has 0 bridgehead atoms. The maximum absolute atomic E-state index is 11.9. The summed E-state index contributed by atoms with van der Waals surface area (Å²) < 4.78 is 5.22. The van der Waals surface area contributed by atoms with Crippen molar-refractivity contribution in [3.63, 3.8) is 0 Å². The van der Waals surface area contributed by atoms with Gasteiger partial charge in [-0.1, -0.05) is 12.6 Å². The van der Waals surface area contributed by atoms with Crippen LogP contribution in [0.2, 0.25) is 0 Å². The van der Waals surface area contributed by atoms with Crippen LogP contribution in [0, 0.1) is 0 Å². The number of fused-ring (bicyclic) bond motifs is 1. The maximum atomic E-state index is 11.9. The molecule has 1 aromatic heterocycles. The number of carbonyl (C=O) groups is 1. The number of H-pyrrole nitrogens is 1. The van der Waals surface area contributed by atoms with E-state index in [-0.39, 0.29) is 17.2 Å². The molecule has 98 valence electrons. The van der Waals surface area contributed by atoms with Crippen LogP contribution in [0.4, 0.5) is 0 Å². The van der Waals surface area contributed by atoms with Crippen LogP contribution in [0.25, 0.3) is 16.7 Å². The molecular weight excluding hydrogens is 244 g/mol. The van der Waals surface area contributed by atoms with E-state index in [0.29, 0.717) is 28.8 Å². The average Bonchev–Trinajstić information content (AvgIpc) is 2.38. The Morgan fingerprint density at radius 2 is 2.21 bits per heavy atom. The molecule has 1 N–H and O–H groups in total. The normalized spacial score (nSPS) is 10.4. The van der Waals surface area contributed by atoms with Gasteiger partial charge in [0.2, 0.25) is 0 Å². The topological polar surface area (TPSA) is 72.0 Å². The highest BCUT2D eigenvalue weighted by atomic mass is 16.5. The van der Waals surface area contributed by atoms with Crippen LogP contribution < -0.4 is 5.56 Å². The van der Waals surface area contributed by atoms with Crippen molar-refractivity contribution in [2.75, 3.05) is 6.61 Å². The van der Waals surface area contributed by atoms with Gasteiger partial charge < -0.3 is 9.72 Å². The Morgan fingerprint density at radius 3 is 2.84 bits per heavy atom. The van der Waals surface area contributed by atoms with E-state index >= 15 is 0 Å². The van der Waals surface area contributed by atoms with Gasteiger partial charge in [0.25, 0.3) is 5.56 Å². The summed E-state index contributed by atoms with van der Waals surface area (Å²) in [5, 5.41) is 0.429. The Hall–Kier alpha value is -2.43. The second kappa shape index (κ2) is 5.06. The zero-order valence-corrected chi connectivity index (χ0v) is 10.8. The van der Waals surface area contributed by atoms with Gasteiger partial charge in [-0.15, -0.1) is 0 Å². The maximum Gasteiger partial charge on any atom is 0.259 e. The molecule has 2 rings (SSSR count). The summed E-state index contributed by atoms with van der Waals surface area (Å²) >= 11 is 0. The minimum atomic E-state index is -0.282. The van der Waals surface area contributed by atoms with E-state index in [1.807, 2.05) is 6.92 Å². The highest BCUT2D eigenvalue weighted by Crippen LogP contribution is 2.14. The number of Topliss-reactive ketones (excluding diaryl/α,β-unsaturated/α-hetero) is 1. The van der Waals surface area contributed by atoms with Crippen molar-refractivity contribution in [3.8, 4) is 0 Å². The monoisotopic (exact) mass is 258 g/mol. The molecule has 19 heavy (non-hydrogen) atoms. The standard InChI is InChI=1S/C14H14N2O3/c1-4-19-9(3)13-15-12-7-10(8(2)17)5-6-11(12)14(18)16-13/h5-7H,3-4H2,1-2H3,(H,15,16,18).